The van der Waals surface area contributed by atoms with Crippen molar-refractivity contribution in [2.24, 2.45) is 0 Å². The first-order valence-corrected chi connectivity index (χ1v) is 6.91. The summed E-state index contributed by atoms with van der Waals surface area (Å²) in [4.78, 5) is 14.5. The van der Waals surface area contributed by atoms with Gasteiger partial charge in [0.15, 0.2) is 0 Å². The van der Waals surface area contributed by atoms with E-state index in [0.29, 0.717) is 6.04 Å². The van der Waals surface area contributed by atoms with E-state index in [1.165, 1.54) is 6.20 Å². The van der Waals surface area contributed by atoms with Crippen molar-refractivity contribution in [1.82, 2.24) is 10.3 Å². The average molecular weight is 265 g/mol. The first-order valence-electron chi connectivity index (χ1n) is 6.91. The lowest BCUT2D eigenvalue weighted by molar-refractivity contribution is -0.385. The molecule has 0 aromatic carbocycles. The normalized spacial score (nSPS) is 12.4. The molecule has 19 heavy (non-hydrogen) atoms. The van der Waals surface area contributed by atoms with Crippen LogP contribution in [-0.4, -0.2) is 22.5 Å². The minimum Gasteiger partial charge on any atom is -0.314 e. The molecule has 106 valence electrons. The molecule has 1 aromatic rings. The van der Waals surface area contributed by atoms with Crippen LogP contribution < -0.4 is 5.32 Å². The molecule has 0 fully saturated rings. The fraction of sp³-hybridized carbons (Fsp3) is 0.643. The third-order valence-corrected chi connectivity index (χ3v) is 3.14. The van der Waals surface area contributed by atoms with Crippen molar-refractivity contribution in [3.8, 4) is 0 Å². The molecule has 1 heterocycles. The highest BCUT2D eigenvalue weighted by atomic mass is 16.6. The molecule has 0 spiro atoms. The van der Waals surface area contributed by atoms with E-state index in [2.05, 4.69) is 24.1 Å². The minimum atomic E-state index is -0.400. The van der Waals surface area contributed by atoms with Crippen molar-refractivity contribution in [2.45, 2.75) is 52.5 Å². The first kappa shape index (κ1) is 15.6. The van der Waals surface area contributed by atoms with Crippen LogP contribution in [0.1, 0.15) is 44.4 Å². The Morgan fingerprint density at radius 3 is 2.68 bits per heavy atom. The summed E-state index contributed by atoms with van der Waals surface area (Å²) in [7, 11) is 0. The maximum Gasteiger partial charge on any atom is 0.287 e. The maximum absolute atomic E-state index is 10.7. The summed E-state index contributed by atoms with van der Waals surface area (Å²) in [6.45, 7) is 7.19. The van der Waals surface area contributed by atoms with E-state index in [1.807, 2.05) is 6.92 Å². The number of hydrogen-bond donors (Lipinski definition) is 1. The molecule has 0 saturated carbocycles. The summed E-state index contributed by atoms with van der Waals surface area (Å²) in [6, 6.07) is 2.00. The van der Waals surface area contributed by atoms with Crippen molar-refractivity contribution >= 4 is 5.69 Å². The Kier molecular flexibility index (Phi) is 6.42. The molecule has 0 saturated heterocycles. The van der Waals surface area contributed by atoms with Gasteiger partial charge in [0.05, 0.1) is 4.92 Å². The number of nitrogens with zero attached hydrogens (tertiary/aromatic N) is 2. The Balaban J connectivity index is 2.75. The molecule has 0 bridgehead atoms. The van der Waals surface area contributed by atoms with E-state index in [9.17, 15) is 10.1 Å². The SMILES string of the molecule is CCCNC(CCC)Cc1ncc([N+](=O)[O-])cc1C. The van der Waals surface area contributed by atoms with Gasteiger partial charge in [-0.15, -0.1) is 0 Å². The molecular formula is C14H23N3O2. The molecule has 0 aliphatic rings. The van der Waals surface area contributed by atoms with E-state index in [4.69, 9.17) is 0 Å². The zero-order valence-corrected chi connectivity index (χ0v) is 12.0. The van der Waals surface area contributed by atoms with Gasteiger partial charge in [0, 0.05) is 24.2 Å². The predicted octanol–water partition coefficient (Wildman–Crippen LogP) is 3.01. The van der Waals surface area contributed by atoms with Gasteiger partial charge in [0.2, 0.25) is 0 Å². The molecule has 5 nitrogen and oxygen atoms in total. The van der Waals surface area contributed by atoms with Crippen LogP contribution in [0.2, 0.25) is 0 Å². The van der Waals surface area contributed by atoms with E-state index in [0.717, 1.165) is 43.5 Å². The van der Waals surface area contributed by atoms with Gasteiger partial charge >= 0.3 is 0 Å². The smallest absolute Gasteiger partial charge is 0.287 e. The zero-order valence-electron chi connectivity index (χ0n) is 12.0. The summed E-state index contributed by atoms with van der Waals surface area (Å²) in [5, 5.41) is 14.2. The van der Waals surface area contributed by atoms with Crippen LogP contribution >= 0.6 is 0 Å². The van der Waals surface area contributed by atoms with Crippen molar-refractivity contribution < 1.29 is 4.92 Å². The van der Waals surface area contributed by atoms with Gasteiger partial charge in [0.25, 0.3) is 5.69 Å². The van der Waals surface area contributed by atoms with Crippen LogP contribution in [0.25, 0.3) is 0 Å². The number of hydrogen-bond acceptors (Lipinski definition) is 4. The lowest BCUT2D eigenvalue weighted by Gasteiger charge is -2.18. The third-order valence-electron chi connectivity index (χ3n) is 3.14. The summed E-state index contributed by atoms with van der Waals surface area (Å²) in [5.41, 5.74) is 1.91. The Morgan fingerprint density at radius 1 is 1.42 bits per heavy atom. The first-order chi connectivity index (χ1) is 9.08. The molecule has 0 aliphatic carbocycles. The van der Waals surface area contributed by atoms with Crippen molar-refractivity contribution in [3.05, 3.63) is 33.6 Å². The summed E-state index contributed by atoms with van der Waals surface area (Å²) >= 11 is 0. The van der Waals surface area contributed by atoms with Crippen LogP contribution in [0.15, 0.2) is 12.3 Å². The van der Waals surface area contributed by atoms with Crippen molar-refractivity contribution in [1.29, 1.82) is 0 Å². The Morgan fingerprint density at radius 2 is 2.16 bits per heavy atom. The van der Waals surface area contributed by atoms with Gasteiger partial charge in [-0.25, -0.2) is 0 Å². The lowest BCUT2D eigenvalue weighted by atomic mass is 10.0. The Labute approximate surface area is 114 Å². The van der Waals surface area contributed by atoms with Crippen LogP contribution in [-0.2, 0) is 6.42 Å². The van der Waals surface area contributed by atoms with E-state index in [1.54, 1.807) is 6.07 Å². The zero-order chi connectivity index (χ0) is 14.3. The Bertz CT molecular complexity index is 421. The molecule has 1 unspecified atom stereocenters. The monoisotopic (exact) mass is 265 g/mol. The minimum absolute atomic E-state index is 0.0646. The number of aromatic nitrogens is 1. The van der Waals surface area contributed by atoms with Crippen molar-refractivity contribution in [3.63, 3.8) is 0 Å². The molecule has 1 rings (SSSR count). The average Bonchev–Trinajstić information content (AvgIpc) is 2.38. The van der Waals surface area contributed by atoms with Crippen LogP contribution in [0.3, 0.4) is 0 Å². The van der Waals surface area contributed by atoms with Crippen LogP contribution in [0.5, 0.6) is 0 Å². The predicted molar refractivity (Wildman–Crippen MR) is 76.3 cm³/mol. The molecule has 5 heteroatoms. The highest BCUT2D eigenvalue weighted by Crippen LogP contribution is 2.16. The lowest BCUT2D eigenvalue weighted by Crippen LogP contribution is -2.32. The van der Waals surface area contributed by atoms with Gasteiger partial charge in [-0.2, -0.15) is 0 Å². The molecule has 0 radical (unpaired) electrons. The molecule has 0 aliphatic heterocycles. The van der Waals surface area contributed by atoms with E-state index < -0.39 is 4.92 Å². The molecular weight excluding hydrogens is 242 g/mol. The summed E-state index contributed by atoms with van der Waals surface area (Å²) in [6.07, 6.45) is 5.50. The van der Waals surface area contributed by atoms with E-state index in [-0.39, 0.29) is 5.69 Å². The maximum atomic E-state index is 10.7. The fourth-order valence-electron chi connectivity index (χ4n) is 2.11. The second kappa shape index (κ2) is 7.84. The standard InChI is InChI=1S/C14H23N3O2/c1-4-6-12(15-7-5-2)9-14-11(3)8-13(10-16-14)17(18)19/h8,10,12,15H,4-7,9H2,1-3H3. The molecule has 0 amide bonds. The van der Waals surface area contributed by atoms with Crippen molar-refractivity contribution in [2.75, 3.05) is 6.54 Å². The fourth-order valence-corrected chi connectivity index (χ4v) is 2.11. The number of aryl methyl sites for hydroxylation is 1. The number of nitrogens with one attached hydrogen (secondary N) is 1. The Hall–Kier alpha value is -1.49. The number of nitro groups is 1. The van der Waals surface area contributed by atoms with Gasteiger partial charge in [-0.3, -0.25) is 15.1 Å². The topological polar surface area (TPSA) is 68.1 Å². The third kappa shape index (κ3) is 4.95. The van der Waals surface area contributed by atoms with Gasteiger partial charge in [-0.05, 0) is 31.9 Å². The largest absolute Gasteiger partial charge is 0.314 e. The van der Waals surface area contributed by atoms with Gasteiger partial charge in [-0.1, -0.05) is 20.3 Å². The van der Waals surface area contributed by atoms with E-state index >= 15 is 0 Å². The second-order valence-electron chi connectivity index (χ2n) is 4.86. The van der Waals surface area contributed by atoms with Crippen LogP contribution in [0, 0.1) is 17.0 Å². The van der Waals surface area contributed by atoms with Gasteiger partial charge in [0.1, 0.15) is 6.20 Å². The quantitative estimate of drug-likeness (QED) is 0.579. The number of pyridine rings is 1. The summed E-state index contributed by atoms with van der Waals surface area (Å²) < 4.78 is 0. The second-order valence-corrected chi connectivity index (χ2v) is 4.86. The highest BCUT2D eigenvalue weighted by Gasteiger charge is 2.13. The molecule has 1 atom stereocenters. The van der Waals surface area contributed by atoms with Gasteiger partial charge < -0.3 is 5.32 Å². The molecule has 1 aromatic heterocycles. The molecule has 1 N–H and O–H groups in total. The highest BCUT2D eigenvalue weighted by molar-refractivity contribution is 5.33. The number of rotatable bonds is 8. The van der Waals surface area contributed by atoms with Crippen LogP contribution in [0.4, 0.5) is 5.69 Å². The summed E-state index contributed by atoms with van der Waals surface area (Å²) in [5.74, 6) is 0.